The Morgan fingerprint density at radius 3 is 2.57 bits per heavy atom. The van der Waals surface area contributed by atoms with Gasteiger partial charge in [0.05, 0.1) is 18.4 Å². The largest absolute Gasteiger partial charge is 0.494 e. The van der Waals surface area contributed by atoms with Gasteiger partial charge in [0.2, 0.25) is 0 Å². The smallest absolute Gasteiger partial charge is 0.255 e. The lowest BCUT2D eigenvalue weighted by atomic mass is 9.84. The third-order valence-electron chi connectivity index (χ3n) is 4.94. The van der Waals surface area contributed by atoms with Crippen LogP contribution in [-0.4, -0.2) is 57.7 Å². The molecule has 2 bridgehead atoms. The van der Waals surface area contributed by atoms with Gasteiger partial charge >= 0.3 is 0 Å². The van der Waals surface area contributed by atoms with E-state index in [-0.39, 0.29) is 11.9 Å². The van der Waals surface area contributed by atoms with Gasteiger partial charge in [-0.15, -0.1) is 0 Å². The Hall–Kier alpha value is -1.46. The van der Waals surface area contributed by atoms with Gasteiger partial charge in [-0.25, -0.2) is 0 Å². The summed E-state index contributed by atoms with van der Waals surface area (Å²) < 4.78 is 5.49. The number of rotatable bonds is 4. The van der Waals surface area contributed by atoms with E-state index < -0.39 is 0 Å². The molecule has 6 heteroatoms. The molecule has 3 fully saturated rings. The van der Waals surface area contributed by atoms with Crippen LogP contribution in [0.15, 0.2) is 12.1 Å². The van der Waals surface area contributed by atoms with Crippen molar-refractivity contribution in [3.8, 4) is 5.75 Å². The second-order valence-electron chi connectivity index (χ2n) is 6.62. The number of hydrogen-bond donors (Lipinski definition) is 1. The number of nitrogens with zero attached hydrogens (tertiary/aromatic N) is 2. The lowest BCUT2D eigenvalue weighted by Gasteiger charge is -2.45. The predicted molar refractivity (Wildman–Crippen MR) is 92.7 cm³/mol. The summed E-state index contributed by atoms with van der Waals surface area (Å²) in [6.45, 7) is 3.25. The normalized spacial score (nSPS) is 26.0. The van der Waals surface area contributed by atoms with E-state index in [0.717, 1.165) is 25.3 Å². The first-order valence-electron chi connectivity index (χ1n) is 8.07. The van der Waals surface area contributed by atoms with Crippen molar-refractivity contribution in [2.24, 2.45) is 5.92 Å². The lowest BCUT2D eigenvalue weighted by Crippen LogP contribution is -2.57. The minimum Gasteiger partial charge on any atom is -0.494 e. The van der Waals surface area contributed by atoms with Gasteiger partial charge in [0.1, 0.15) is 0 Å². The molecular formula is C17H24ClN3O2. The highest BCUT2D eigenvalue weighted by atomic mass is 35.5. The number of hydrogen-bond acceptors (Lipinski definition) is 4. The average molecular weight is 338 g/mol. The summed E-state index contributed by atoms with van der Waals surface area (Å²) in [7, 11) is 5.40. The van der Waals surface area contributed by atoms with Crippen LogP contribution in [-0.2, 0) is 0 Å². The fraction of sp³-hybridized carbons (Fsp3) is 0.588. The van der Waals surface area contributed by atoms with E-state index in [2.05, 4.69) is 10.2 Å². The Bertz CT molecular complexity index is 598. The van der Waals surface area contributed by atoms with Gasteiger partial charge in [0, 0.05) is 31.7 Å². The van der Waals surface area contributed by atoms with Crippen LogP contribution in [0, 0.1) is 5.92 Å². The van der Waals surface area contributed by atoms with Crippen LogP contribution < -0.4 is 15.0 Å². The molecule has 0 spiro atoms. The fourth-order valence-corrected chi connectivity index (χ4v) is 3.88. The predicted octanol–water partition coefficient (Wildman–Crippen LogP) is 2.24. The molecule has 23 heavy (non-hydrogen) atoms. The number of halogens is 1. The van der Waals surface area contributed by atoms with Gasteiger partial charge in [-0.1, -0.05) is 11.6 Å². The quantitative estimate of drug-likeness (QED) is 0.915. The number of methoxy groups -OCH3 is 1. The molecular weight excluding hydrogens is 314 g/mol. The summed E-state index contributed by atoms with van der Waals surface area (Å²) in [5.74, 6) is 1.05. The highest BCUT2D eigenvalue weighted by molar-refractivity contribution is 6.31. The van der Waals surface area contributed by atoms with Crippen molar-refractivity contribution in [2.75, 3.05) is 45.7 Å². The Morgan fingerprint density at radius 2 is 2.04 bits per heavy atom. The molecule has 126 valence electrons. The fourth-order valence-electron chi connectivity index (χ4n) is 3.67. The van der Waals surface area contributed by atoms with Crippen molar-refractivity contribution in [1.82, 2.24) is 10.2 Å². The van der Waals surface area contributed by atoms with Gasteiger partial charge < -0.3 is 19.9 Å². The lowest BCUT2D eigenvalue weighted by molar-refractivity contribution is 0.0619. The average Bonchev–Trinajstić information content (AvgIpc) is 2.55. The van der Waals surface area contributed by atoms with Gasteiger partial charge in [-0.3, -0.25) is 4.79 Å². The summed E-state index contributed by atoms with van der Waals surface area (Å²) in [6, 6.07) is 3.71. The van der Waals surface area contributed by atoms with E-state index in [4.69, 9.17) is 16.3 Å². The first-order chi connectivity index (χ1) is 11.0. The number of anilines is 1. The zero-order valence-corrected chi connectivity index (χ0v) is 14.7. The van der Waals surface area contributed by atoms with Crippen molar-refractivity contribution >= 4 is 23.2 Å². The summed E-state index contributed by atoms with van der Waals surface area (Å²) in [6.07, 6.45) is 2.33. The molecule has 3 saturated heterocycles. The van der Waals surface area contributed by atoms with Gasteiger partial charge in [0.15, 0.2) is 5.75 Å². The van der Waals surface area contributed by atoms with Crippen molar-refractivity contribution in [3.63, 3.8) is 0 Å². The van der Waals surface area contributed by atoms with Crippen molar-refractivity contribution in [1.29, 1.82) is 0 Å². The first kappa shape index (κ1) is 16.4. The number of ether oxygens (including phenoxy) is 1. The summed E-state index contributed by atoms with van der Waals surface area (Å²) >= 11 is 6.20. The van der Waals surface area contributed by atoms with E-state index >= 15 is 0 Å². The highest BCUT2D eigenvalue weighted by Gasteiger charge is 2.35. The van der Waals surface area contributed by atoms with Gasteiger partial charge in [0.25, 0.3) is 5.91 Å². The van der Waals surface area contributed by atoms with Crippen LogP contribution in [0.2, 0.25) is 5.02 Å². The minimum atomic E-state index is -0.105. The molecule has 1 aromatic carbocycles. The number of amides is 1. The van der Waals surface area contributed by atoms with Gasteiger partial charge in [-0.2, -0.15) is 0 Å². The topological polar surface area (TPSA) is 44.8 Å². The van der Waals surface area contributed by atoms with E-state index in [1.54, 1.807) is 13.2 Å². The van der Waals surface area contributed by atoms with Crippen molar-refractivity contribution in [3.05, 3.63) is 22.7 Å². The van der Waals surface area contributed by atoms with E-state index in [1.165, 1.54) is 12.8 Å². The maximum Gasteiger partial charge on any atom is 0.255 e. The molecule has 3 aliphatic rings. The zero-order valence-electron chi connectivity index (χ0n) is 13.9. The Morgan fingerprint density at radius 1 is 1.35 bits per heavy atom. The third kappa shape index (κ3) is 3.26. The summed E-state index contributed by atoms with van der Waals surface area (Å²) in [5.41, 5.74) is 1.30. The molecule has 5 nitrogen and oxygen atoms in total. The van der Waals surface area contributed by atoms with Crippen LogP contribution in [0.5, 0.6) is 5.75 Å². The number of benzene rings is 1. The minimum absolute atomic E-state index is 0.105. The van der Waals surface area contributed by atoms with Crippen LogP contribution in [0.4, 0.5) is 5.69 Å². The molecule has 1 atom stereocenters. The summed E-state index contributed by atoms with van der Waals surface area (Å²) in [5, 5.41) is 3.73. The van der Waals surface area contributed by atoms with E-state index in [1.807, 2.05) is 25.1 Å². The molecule has 1 unspecified atom stereocenters. The molecule has 0 aliphatic carbocycles. The van der Waals surface area contributed by atoms with E-state index in [9.17, 15) is 4.79 Å². The highest BCUT2D eigenvalue weighted by Crippen LogP contribution is 2.35. The van der Waals surface area contributed by atoms with Crippen LogP contribution >= 0.6 is 11.6 Å². The Kier molecular flexibility index (Phi) is 4.69. The van der Waals surface area contributed by atoms with E-state index in [0.29, 0.717) is 22.3 Å². The Balaban J connectivity index is 1.84. The van der Waals surface area contributed by atoms with Crippen LogP contribution in [0.3, 0.4) is 0 Å². The number of carbonyl (C=O) groups is 1. The molecule has 0 saturated carbocycles. The van der Waals surface area contributed by atoms with Gasteiger partial charge in [-0.05, 0) is 44.0 Å². The molecule has 1 amide bonds. The number of nitrogens with one attached hydrogen (secondary N) is 1. The Labute approximate surface area is 142 Å². The maximum atomic E-state index is 12.8. The number of piperidine rings is 3. The van der Waals surface area contributed by atoms with Crippen molar-refractivity contribution in [2.45, 2.75) is 18.9 Å². The van der Waals surface area contributed by atoms with Crippen LogP contribution in [0.1, 0.15) is 23.2 Å². The molecule has 0 radical (unpaired) electrons. The SMILES string of the molecule is COc1c(C(=O)NC2CN3CCC2CC3)cc(Cl)cc1N(C)C. The molecule has 1 N–H and O–H groups in total. The third-order valence-corrected chi connectivity index (χ3v) is 5.16. The summed E-state index contributed by atoms with van der Waals surface area (Å²) in [4.78, 5) is 17.1. The van der Waals surface area contributed by atoms with Crippen molar-refractivity contribution < 1.29 is 9.53 Å². The van der Waals surface area contributed by atoms with Crippen LogP contribution in [0.25, 0.3) is 0 Å². The molecule has 3 heterocycles. The second-order valence-corrected chi connectivity index (χ2v) is 7.05. The second kappa shape index (κ2) is 6.57. The number of fused-ring (bicyclic) bond motifs is 3. The molecule has 0 aromatic heterocycles. The molecule has 4 rings (SSSR count). The standard InChI is InChI=1S/C17H24ClN3O2/c1-20(2)15-9-12(18)8-13(16(15)23-3)17(22)19-14-10-21-6-4-11(14)5-7-21/h8-9,11,14H,4-7,10H2,1-3H3,(H,19,22). The maximum absolute atomic E-state index is 12.8. The zero-order chi connectivity index (χ0) is 16.6. The first-order valence-corrected chi connectivity index (χ1v) is 8.45. The monoisotopic (exact) mass is 337 g/mol. The number of carbonyl (C=O) groups excluding carboxylic acids is 1. The molecule has 1 aromatic rings. The molecule has 3 aliphatic heterocycles.